The number of nitrogens with zero attached hydrogens (tertiary/aromatic N) is 1. The minimum absolute atomic E-state index is 0.00549. The second kappa shape index (κ2) is 6.35. The highest BCUT2D eigenvalue weighted by atomic mass is 19.1. The van der Waals surface area contributed by atoms with E-state index in [1.165, 1.54) is 12.1 Å². The van der Waals surface area contributed by atoms with Crippen LogP contribution in [0.15, 0.2) is 24.3 Å². The molecule has 1 atom stereocenters. The first-order valence-corrected chi connectivity index (χ1v) is 5.82. The molecule has 1 unspecified atom stereocenters. The van der Waals surface area contributed by atoms with Crippen LogP contribution in [0.2, 0.25) is 0 Å². The number of amides is 1. The van der Waals surface area contributed by atoms with Gasteiger partial charge in [-0.25, -0.2) is 4.39 Å². The molecule has 1 aromatic rings. The van der Waals surface area contributed by atoms with Gasteiger partial charge in [-0.3, -0.25) is 4.79 Å². The van der Waals surface area contributed by atoms with E-state index in [4.69, 9.17) is 5.73 Å². The molecule has 17 heavy (non-hydrogen) atoms. The van der Waals surface area contributed by atoms with Crippen LogP contribution in [0.25, 0.3) is 0 Å². The minimum Gasteiger partial charge on any atom is -0.335 e. The molecule has 1 rings (SSSR count). The zero-order chi connectivity index (χ0) is 12.8. The quantitative estimate of drug-likeness (QED) is 0.851. The number of benzene rings is 1. The molecule has 0 saturated carbocycles. The predicted molar refractivity (Wildman–Crippen MR) is 65.8 cm³/mol. The first-order valence-electron chi connectivity index (χ1n) is 5.82. The van der Waals surface area contributed by atoms with E-state index in [1.54, 1.807) is 17.0 Å². The summed E-state index contributed by atoms with van der Waals surface area (Å²) >= 11 is 0. The Bertz CT molecular complexity index is 364. The SMILES string of the molecule is CCC(C)N(Cc1ccc(F)cc1)C(=O)CN. The van der Waals surface area contributed by atoms with Crippen molar-refractivity contribution in [1.82, 2.24) is 4.90 Å². The van der Waals surface area contributed by atoms with E-state index in [1.807, 2.05) is 13.8 Å². The standard InChI is InChI=1S/C13H19FN2O/c1-3-10(2)16(13(17)8-15)9-11-4-6-12(14)7-5-11/h4-7,10H,3,8-9,15H2,1-2H3. The molecule has 3 nitrogen and oxygen atoms in total. The van der Waals surface area contributed by atoms with Crippen molar-refractivity contribution in [2.75, 3.05) is 6.54 Å². The van der Waals surface area contributed by atoms with Gasteiger partial charge in [-0.05, 0) is 31.0 Å². The maximum atomic E-state index is 12.8. The Morgan fingerprint density at radius 1 is 1.41 bits per heavy atom. The van der Waals surface area contributed by atoms with Crippen LogP contribution in [0, 0.1) is 5.82 Å². The van der Waals surface area contributed by atoms with Crippen molar-refractivity contribution in [3.8, 4) is 0 Å². The van der Waals surface area contributed by atoms with E-state index < -0.39 is 0 Å². The van der Waals surface area contributed by atoms with Gasteiger partial charge in [-0.2, -0.15) is 0 Å². The highest BCUT2D eigenvalue weighted by Gasteiger charge is 2.17. The van der Waals surface area contributed by atoms with E-state index >= 15 is 0 Å². The van der Waals surface area contributed by atoms with Crippen molar-refractivity contribution in [2.45, 2.75) is 32.9 Å². The Morgan fingerprint density at radius 2 is 2.00 bits per heavy atom. The molecule has 0 aliphatic rings. The lowest BCUT2D eigenvalue weighted by molar-refractivity contribution is -0.132. The third kappa shape index (κ3) is 3.82. The number of carbonyl (C=O) groups excluding carboxylic acids is 1. The van der Waals surface area contributed by atoms with Crippen molar-refractivity contribution in [1.29, 1.82) is 0 Å². The van der Waals surface area contributed by atoms with Crippen LogP contribution >= 0.6 is 0 Å². The molecule has 0 bridgehead atoms. The van der Waals surface area contributed by atoms with Gasteiger partial charge in [0.1, 0.15) is 5.82 Å². The largest absolute Gasteiger partial charge is 0.335 e. The topological polar surface area (TPSA) is 46.3 Å². The highest BCUT2D eigenvalue weighted by Crippen LogP contribution is 2.11. The summed E-state index contributed by atoms with van der Waals surface area (Å²) < 4.78 is 12.8. The number of carbonyl (C=O) groups is 1. The van der Waals surface area contributed by atoms with E-state index in [-0.39, 0.29) is 24.3 Å². The molecule has 0 aliphatic heterocycles. The maximum Gasteiger partial charge on any atom is 0.236 e. The Kier molecular flexibility index (Phi) is 5.10. The molecule has 0 aromatic heterocycles. The van der Waals surface area contributed by atoms with Crippen molar-refractivity contribution in [3.63, 3.8) is 0 Å². The maximum absolute atomic E-state index is 12.8. The number of rotatable bonds is 5. The van der Waals surface area contributed by atoms with Crippen LogP contribution in [0.1, 0.15) is 25.8 Å². The summed E-state index contributed by atoms with van der Waals surface area (Å²) in [7, 11) is 0. The summed E-state index contributed by atoms with van der Waals surface area (Å²) in [4.78, 5) is 13.4. The monoisotopic (exact) mass is 238 g/mol. The third-order valence-electron chi connectivity index (χ3n) is 2.88. The lowest BCUT2D eigenvalue weighted by atomic mass is 10.1. The molecule has 0 radical (unpaired) electrons. The van der Waals surface area contributed by atoms with Crippen LogP contribution in [0.5, 0.6) is 0 Å². The Hall–Kier alpha value is -1.42. The molecule has 4 heteroatoms. The van der Waals surface area contributed by atoms with Gasteiger partial charge >= 0.3 is 0 Å². The van der Waals surface area contributed by atoms with Crippen LogP contribution < -0.4 is 5.73 Å². The fraction of sp³-hybridized carbons (Fsp3) is 0.462. The molecule has 0 spiro atoms. The second-order valence-electron chi connectivity index (χ2n) is 4.11. The van der Waals surface area contributed by atoms with Gasteiger partial charge in [0.15, 0.2) is 0 Å². The van der Waals surface area contributed by atoms with Crippen molar-refractivity contribution in [3.05, 3.63) is 35.6 Å². The van der Waals surface area contributed by atoms with Gasteiger partial charge in [0.05, 0.1) is 6.54 Å². The van der Waals surface area contributed by atoms with Crippen LogP contribution in [-0.2, 0) is 11.3 Å². The number of nitrogens with two attached hydrogens (primary N) is 1. The van der Waals surface area contributed by atoms with Gasteiger partial charge in [-0.1, -0.05) is 19.1 Å². The van der Waals surface area contributed by atoms with Crippen molar-refractivity contribution in [2.24, 2.45) is 5.73 Å². The van der Waals surface area contributed by atoms with E-state index in [0.29, 0.717) is 6.54 Å². The van der Waals surface area contributed by atoms with Gasteiger partial charge in [0.2, 0.25) is 5.91 Å². The minimum atomic E-state index is -0.269. The first-order chi connectivity index (χ1) is 8.08. The van der Waals surface area contributed by atoms with Crippen LogP contribution in [0.3, 0.4) is 0 Å². The third-order valence-corrected chi connectivity index (χ3v) is 2.88. The molecule has 0 heterocycles. The molecule has 1 aromatic carbocycles. The molecule has 0 aliphatic carbocycles. The van der Waals surface area contributed by atoms with Gasteiger partial charge in [0.25, 0.3) is 0 Å². The van der Waals surface area contributed by atoms with Crippen LogP contribution in [-0.4, -0.2) is 23.4 Å². The fourth-order valence-corrected chi connectivity index (χ4v) is 1.61. The number of hydrogen-bond donors (Lipinski definition) is 1. The lowest BCUT2D eigenvalue weighted by Gasteiger charge is -2.28. The molecule has 94 valence electrons. The van der Waals surface area contributed by atoms with E-state index in [2.05, 4.69) is 0 Å². The normalized spacial score (nSPS) is 12.2. The fourth-order valence-electron chi connectivity index (χ4n) is 1.61. The van der Waals surface area contributed by atoms with Gasteiger partial charge in [0, 0.05) is 12.6 Å². The Labute approximate surface area is 101 Å². The summed E-state index contributed by atoms with van der Waals surface area (Å²) in [6, 6.07) is 6.31. The van der Waals surface area contributed by atoms with E-state index in [9.17, 15) is 9.18 Å². The smallest absolute Gasteiger partial charge is 0.236 e. The molecule has 0 saturated heterocycles. The average molecular weight is 238 g/mol. The van der Waals surface area contributed by atoms with Crippen molar-refractivity contribution >= 4 is 5.91 Å². The first kappa shape index (κ1) is 13.6. The number of hydrogen-bond acceptors (Lipinski definition) is 2. The molecular formula is C13H19FN2O. The zero-order valence-electron chi connectivity index (χ0n) is 10.3. The van der Waals surface area contributed by atoms with Crippen molar-refractivity contribution < 1.29 is 9.18 Å². The molecular weight excluding hydrogens is 219 g/mol. The Balaban J connectivity index is 2.78. The summed E-state index contributed by atoms with van der Waals surface area (Å²) in [5.41, 5.74) is 6.30. The summed E-state index contributed by atoms with van der Waals surface area (Å²) in [6.07, 6.45) is 0.868. The lowest BCUT2D eigenvalue weighted by Crippen LogP contribution is -2.41. The molecule has 1 amide bonds. The van der Waals surface area contributed by atoms with Gasteiger partial charge < -0.3 is 10.6 Å². The molecule has 0 fully saturated rings. The second-order valence-corrected chi connectivity index (χ2v) is 4.11. The average Bonchev–Trinajstić information content (AvgIpc) is 2.36. The summed E-state index contributed by atoms with van der Waals surface area (Å²) in [5, 5.41) is 0. The van der Waals surface area contributed by atoms with Gasteiger partial charge in [-0.15, -0.1) is 0 Å². The summed E-state index contributed by atoms with van der Waals surface area (Å²) in [5.74, 6) is -0.349. The van der Waals surface area contributed by atoms with Crippen LogP contribution in [0.4, 0.5) is 4.39 Å². The highest BCUT2D eigenvalue weighted by molar-refractivity contribution is 5.78. The number of halogens is 1. The van der Waals surface area contributed by atoms with E-state index in [0.717, 1.165) is 12.0 Å². The summed E-state index contributed by atoms with van der Waals surface area (Å²) in [6.45, 7) is 4.49. The Morgan fingerprint density at radius 3 is 2.47 bits per heavy atom. The molecule has 2 N–H and O–H groups in total. The zero-order valence-corrected chi connectivity index (χ0v) is 10.3. The predicted octanol–water partition coefficient (Wildman–Crippen LogP) is 1.91.